The maximum atomic E-state index is 11.2. The van der Waals surface area contributed by atoms with Crippen molar-refractivity contribution in [2.24, 2.45) is 0 Å². The molecular formula is C23H24ClN3O4. The Morgan fingerprint density at radius 3 is 2.97 bits per heavy atom. The number of hydroxylamine groups is 1. The molecule has 1 aliphatic carbocycles. The Hall–Kier alpha value is -2.71. The molecule has 0 saturated heterocycles. The third-order valence-corrected chi connectivity index (χ3v) is 5.82. The highest BCUT2D eigenvalue weighted by atomic mass is 35.5. The summed E-state index contributed by atoms with van der Waals surface area (Å²) in [6.45, 7) is 1.35. The molecule has 1 unspecified atom stereocenters. The Balaban J connectivity index is 1.47. The van der Waals surface area contributed by atoms with Crippen molar-refractivity contribution < 1.29 is 19.5 Å². The summed E-state index contributed by atoms with van der Waals surface area (Å²) in [6.07, 6.45) is 5.49. The van der Waals surface area contributed by atoms with Gasteiger partial charge in [-0.25, -0.2) is 10.5 Å². The first kappa shape index (κ1) is 21.5. The number of benzene rings is 2. The summed E-state index contributed by atoms with van der Waals surface area (Å²) in [5.41, 5.74) is 6.43. The molecule has 31 heavy (non-hydrogen) atoms. The molecule has 1 amide bonds. The first-order valence-corrected chi connectivity index (χ1v) is 10.6. The second-order valence-electron chi connectivity index (χ2n) is 7.55. The van der Waals surface area contributed by atoms with E-state index >= 15 is 0 Å². The van der Waals surface area contributed by atoms with Gasteiger partial charge >= 0.3 is 0 Å². The van der Waals surface area contributed by atoms with Crippen LogP contribution in [-0.2, 0) is 17.6 Å². The SMILES string of the molecule is O=C(/C=C/c1ccc2c(c1)CCC2N(CCO)CCc1nc2cc(Cl)ccc2o1)NO. The molecule has 0 fully saturated rings. The minimum atomic E-state index is -0.561. The maximum absolute atomic E-state index is 11.2. The number of halogens is 1. The molecule has 0 radical (unpaired) electrons. The number of rotatable bonds is 8. The van der Waals surface area contributed by atoms with Gasteiger partial charge in [0.2, 0.25) is 0 Å². The number of amides is 1. The van der Waals surface area contributed by atoms with Crippen molar-refractivity contribution in [2.75, 3.05) is 19.7 Å². The van der Waals surface area contributed by atoms with Crippen LogP contribution < -0.4 is 5.48 Å². The summed E-state index contributed by atoms with van der Waals surface area (Å²) in [5, 5.41) is 18.8. The third kappa shape index (κ3) is 4.97. The average Bonchev–Trinajstić information content (AvgIpc) is 3.37. The van der Waals surface area contributed by atoms with Crippen LogP contribution in [0.25, 0.3) is 17.2 Å². The van der Waals surface area contributed by atoms with Crippen molar-refractivity contribution in [1.82, 2.24) is 15.4 Å². The number of oxazole rings is 1. The molecule has 2 aromatic carbocycles. The first-order chi connectivity index (χ1) is 15.1. The Morgan fingerprint density at radius 1 is 1.29 bits per heavy atom. The van der Waals surface area contributed by atoms with Crippen LogP contribution in [0.3, 0.4) is 0 Å². The van der Waals surface area contributed by atoms with E-state index in [1.54, 1.807) is 23.7 Å². The van der Waals surface area contributed by atoms with Crippen LogP contribution in [0.15, 0.2) is 46.9 Å². The maximum Gasteiger partial charge on any atom is 0.267 e. The molecule has 1 atom stereocenters. The highest BCUT2D eigenvalue weighted by Crippen LogP contribution is 2.36. The van der Waals surface area contributed by atoms with E-state index in [9.17, 15) is 9.90 Å². The molecule has 8 heteroatoms. The summed E-state index contributed by atoms with van der Waals surface area (Å²) < 4.78 is 5.84. The third-order valence-electron chi connectivity index (χ3n) is 5.59. The number of carbonyl (C=O) groups is 1. The number of aliphatic hydroxyl groups is 1. The summed E-state index contributed by atoms with van der Waals surface area (Å²) in [5.74, 6) is 0.0926. The molecule has 0 saturated carbocycles. The largest absolute Gasteiger partial charge is 0.441 e. The van der Waals surface area contributed by atoms with Crippen molar-refractivity contribution >= 4 is 34.7 Å². The Morgan fingerprint density at radius 2 is 2.16 bits per heavy atom. The van der Waals surface area contributed by atoms with E-state index in [1.165, 1.54) is 17.2 Å². The van der Waals surface area contributed by atoms with Crippen LogP contribution in [0.4, 0.5) is 0 Å². The Labute approximate surface area is 184 Å². The second-order valence-corrected chi connectivity index (χ2v) is 7.99. The summed E-state index contributed by atoms with van der Waals surface area (Å²) in [4.78, 5) is 18.0. The van der Waals surface area contributed by atoms with Crippen molar-refractivity contribution in [2.45, 2.75) is 25.3 Å². The van der Waals surface area contributed by atoms with Crippen molar-refractivity contribution in [3.05, 3.63) is 70.1 Å². The lowest BCUT2D eigenvalue weighted by Crippen LogP contribution is -2.32. The van der Waals surface area contributed by atoms with E-state index in [0.717, 1.165) is 29.5 Å². The number of aromatic nitrogens is 1. The lowest BCUT2D eigenvalue weighted by molar-refractivity contribution is -0.124. The minimum absolute atomic E-state index is 0.0755. The topological polar surface area (TPSA) is 98.8 Å². The van der Waals surface area contributed by atoms with E-state index in [-0.39, 0.29) is 12.6 Å². The van der Waals surface area contributed by atoms with E-state index in [2.05, 4.69) is 22.0 Å². The van der Waals surface area contributed by atoms with Crippen LogP contribution in [-0.4, -0.2) is 45.8 Å². The van der Waals surface area contributed by atoms with Gasteiger partial charge in [0.1, 0.15) is 5.52 Å². The molecular weight excluding hydrogens is 418 g/mol. The van der Waals surface area contributed by atoms with Crippen molar-refractivity contribution in [3.63, 3.8) is 0 Å². The van der Waals surface area contributed by atoms with Gasteiger partial charge in [0.15, 0.2) is 11.5 Å². The van der Waals surface area contributed by atoms with Gasteiger partial charge in [-0.3, -0.25) is 14.9 Å². The molecule has 1 heterocycles. The molecule has 7 nitrogen and oxygen atoms in total. The number of aryl methyl sites for hydroxylation is 1. The molecule has 1 aliphatic rings. The average molecular weight is 442 g/mol. The Bertz CT molecular complexity index is 1110. The lowest BCUT2D eigenvalue weighted by atomic mass is 10.0. The number of carbonyl (C=O) groups excluding carboxylic acids is 1. The predicted octanol–water partition coefficient (Wildman–Crippen LogP) is 3.52. The molecule has 162 valence electrons. The quantitative estimate of drug-likeness (QED) is 0.281. The zero-order valence-corrected chi connectivity index (χ0v) is 17.7. The summed E-state index contributed by atoms with van der Waals surface area (Å²) >= 11 is 6.03. The highest BCUT2D eigenvalue weighted by molar-refractivity contribution is 6.31. The molecule has 1 aromatic heterocycles. The number of nitrogens with one attached hydrogen (secondary N) is 1. The smallest absolute Gasteiger partial charge is 0.267 e. The van der Waals surface area contributed by atoms with Crippen LogP contribution in [0, 0.1) is 0 Å². The number of hydrogen-bond donors (Lipinski definition) is 3. The van der Waals surface area contributed by atoms with Gasteiger partial charge in [0.25, 0.3) is 5.91 Å². The van der Waals surface area contributed by atoms with Gasteiger partial charge in [-0.05, 0) is 53.8 Å². The van der Waals surface area contributed by atoms with E-state index < -0.39 is 5.91 Å². The normalized spacial score (nSPS) is 15.8. The number of aliphatic hydroxyl groups excluding tert-OH is 1. The van der Waals surface area contributed by atoms with Gasteiger partial charge < -0.3 is 9.52 Å². The fourth-order valence-electron chi connectivity index (χ4n) is 4.15. The van der Waals surface area contributed by atoms with Crippen LogP contribution in [0.5, 0.6) is 0 Å². The molecule has 3 aromatic rings. The van der Waals surface area contributed by atoms with Gasteiger partial charge in [0, 0.05) is 36.7 Å². The number of fused-ring (bicyclic) bond motifs is 2. The lowest BCUT2D eigenvalue weighted by Gasteiger charge is -2.28. The molecule has 0 aliphatic heterocycles. The minimum Gasteiger partial charge on any atom is -0.441 e. The second kappa shape index (κ2) is 9.62. The van der Waals surface area contributed by atoms with Crippen molar-refractivity contribution in [1.29, 1.82) is 0 Å². The first-order valence-electron chi connectivity index (χ1n) is 10.2. The van der Waals surface area contributed by atoms with Gasteiger partial charge in [0.05, 0.1) is 6.61 Å². The molecule has 0 bridgehead atoms. The fourth-order valence-corrected chi connectivity index (χ4v) is 4.32. The predicted molar refractivity (Wildman–Crippen MR) is 118 cm³/mol. The fraction of sp³-hybridized carbons (Fsp3) is 0.304. The molecule has 3 N–H and O–H groups in total. The summed E-state index contributed by atoms with van der Waals surface area (Å²) in [6, 6.07) is 11.7. The molecule has 0 spiro atoms. The van der Waals surface area contributed by atoms with E-state index in [1.807, 2.05) is 12.1 Å². The van der Waals surface area contributed by atoms with Gasteiger partial charge in [-0.1, -0.05) is 29.8 Å². The van der Waals surface area contributed by atoms with Crippen LogP contribution in [0.1, 0.15) is 35.0 Å². The Kier molecular flexibility index (Phi) is 6.67. The zero-order valence-electron chi connectivity index (χ0n) is 16.9. The summed E-state index contributed by atoms with van der Waals surface area (Å²) in [7, 11) is 0. The van der Waals surface area contributed by atoms with E-state index in [0.29, 0.717) is 30.4 Å². The highest BCUT2D eigenvalue weighted by Gasteiger charge is 2.28. The van der Waals surface area contributed by atoms with E-state index in [4.69, 9.17) is 21.2 Å². The standard InChI is InChI=1S/C23H24ClN3O4/c24-17-4-7-21-19(14-17)25-23(31-21)9-10-27(11-12-28)20-6-3-16-13-15(1-5-18(16)20)2-8-22(29)26-30/h1-2,4-5,7-8,13-14,20,28,30H,3,6,9-12H2,(H,26,29)/b8-2+. The zero-order chi connectivity index (χ0) is 21.8. The number of nitrogens with zero attached hydrogens (tertiary/aromatic N) is 2. The molecule has 4 rings (SSSR count). The monoisotopic (exact) mass is 441 g/mol. The van der Waals surface area contributed by atoms with Crippen LogP contribution >= 0.6 is 11.6 Å². The number of hydrogen-bond acceptors (Lipinski definition) is 6. The van der Waals surface area contributed by atoms with Gasteiger partial charge in [-0.2, -0.15) is 0 Å². The van der Waals surface area contributed by atoms with Gasteiger partial charge in [-0.15, -0.1) is 0 Å². The van der Waals surface area contributed by atoms with Crippen molar-refractivity contribution in [3.8, 4) is 0 Å². The van der Waals surface area contributed by atoms with Crippen LogP contribution in [0.2, 0.25) is 5.02 Å².